The summed E-state index contributed by atoms with van der Waals surface area (Å²) in [6.45, 7) is 11.4. The maximum Gasteiger partial charge on any atom is 0.310 e. The quantitative estimate of drug-likeness (QED) is 0.590. The van der Waals surface area contributed by atoms with Crippen LogP contribution in [0.25, 0.3) is 0 Å². The van der Waals surface area contributed by atoms with Crippen LogP contribution in [0.15, 0.2) is 12.2 Å². The van der Waals surface area contributed by atoms with Gasteiger partial charge in [0, 0.05) is 10.8 Å². The van der Waals surface area contributed by atoms with Gasteiger partial charge in [0.25, 0.3) is 0 Å². The first kappa shape index (κ1) is 16.1. The lowest BCUT2D eigenvalue weighted by molar-refractivity contribution is -0.168. The van der Waals surface area contributed by atoms with Crippen LogP contribution in [0.5, 0.6) is 0 Å². The summed E-state index contributed by atoms with van der Waals surface area (Å²) >= 11 is 0. The van der Waals surface area contributed by atoms with Crippen molar-refractivity contribution in [3.8, 4) is 0 Å². The Kier molecular flexibility index (Phi) is 3.94. The molecule has 0 spiro atoms. The maximum atomic E-state index is 12.5. The number of rotatable bonds is 4. The molecule has 0 radical (unpaired) electrons. The van der Waals surface area contributed by atoms with E-state index in [0.29, 0.717) is 0 Å². The minimum Gasteiger partial charge on any atom is -0.463 e. The molecule has 1 fully saturated rings. The van der Waals surface area contributed by atoms with Crippen LogP contribution in [0.3, 0.4) is 0 Å². The molecule has 0 N–H and O–H groups in total. The lowest BCUT2D eigenvalue weighted by atomic mass is 9.71. The molecule has 4 heteroatoms. The maximum absolute atomic E-state index is 12.5. The molecule has 0 aromatic carbocycles. The van der Waals surface area contributed by atoms with Gasteiger partial charge in [0.15, 0.2) is 0 Å². The average molecular weight is 294 g/mol. The van der Waals surface area contributed by atoms with Crippen molar-refractivity contribution in [1.82, 2.24) is 0 Å². The Hall–Kier alpha value is -1.32. The monoisotopic (exact) mass is 294 g/mol. The Bertz CT molecular complexity index is 437. The summed E-state index contributed by atoms with van der Waals surface area (Å²) in [5, 5.41) is 0. The van der Waals surface area contributed by atoms with Crippen molar-refractivity contribution in [2.75, 3.05) is 0 Å². The summed E-state index contributed by atoms with van der Waals surface area (Å²) in [7, 11) is 0. The number of carbonyl (C=O) groups excluding carboxylic acids is 2. The fourth-order valence-electron chi connectivity index (χ4n) is 3.93. The van der Waals surface area contributed by atoms with Crippen LogP contribution < -0.4 is 0 Å². The van der Waals surface area contributed by atoms with E-state index >= 15 is 0 Å². The summed E-state index contributed by atoms with van der Waals surface area (Å²) < 4.78 is 10.8. The van der Waals surface area contributed by atoms with Crippen molar-refractivity contribution >= 4 is 11.9 Å². The van der Waals surface area contributed by atoms with Crippen LogP contribution in [-0.4, -0.2) is 24.1 Å². The zero-order chi connectivity index (χ0) is 16.0. The van der Waals surface area contributed by atoms with Crippen molar-refractivity contribution in [3.05, 3.63) is 12.2 Å². The first-order valence-corrected chi connectivity index (χ1v) is 7.70. The van der Waals surface area contributed by atoms with E-state index in [9.17, 15) is 9.59 Å². The highest BCUT2D eigenvalue weighted by Gasteiger charge is 2.64. The highest BCUT2D eigenvalue weighted by Crippen LogP contribution is 2.63. The zero-order valence-corrected chi connectivity index (χ0v) is 13.8. The van der Waals surface area contributed by atoms with Gasteiger partial charge in [-0.05, 0) is 34.1 Å². The number of fused-ring (bicyclic) bond motifs is 2. The molecule has 0 aromatic heterocycles. The molecule has 4 atom stereocenters. The second-order valence-corrected chi connectivity index (χ2v) is 7.45. The zero-order valence-electron chi connectivity index (χ0n) is 13.8. The molecule has 2 rings (SSSR count). The van der Waals surface area contributed by atoms with Crippen LogP contribution in [-0.2, 0) is 19.1 Å². The number of ether oxygens (including phenoxy) is 2. The predicted molar refractivity (Wildman–Crippen MR) is 79.4 cm³/mol. The van der Waals surface area contributed by atoms with E-state index in [-0.39, 0.29) is 35.0 Å². The highest BCUT2D eigenvalue weighted by atomic mass is 16.6. The van der Waals surface area contributed by atoms with Crippen LogP contribution in [0.4, 0.5) is 0 Å². The molecule has 0 aromatic rings. The van der Waals surface area contributed by atoms with E-state index < -0.39 is 11.8 Å². The lowest BCUT2D eigenvalue weighted by Crippen LogP contribution is -2.42. The second kappa shape index (κ2) is 5.15. The van der Waals surface area contributed by atoms with E-state index in [1.165, 1.54) is 0 Å². The van der Waals surface area contributed by atoms with Crippen molar-refractivity contribution < 1.29 is 19.1 Å². The smallest absolute Gasteiger partial charge is 0.310 e. The molecule has 21 heavy (non-hydrogen) atoms. The van der Waals surface area contributed by atoms with Gasteiger partial charge in [-0.2, -0.15) is 0 Å². The van der Waals surface area contributed by atoms with Gasteiger partial charge in [-0.3, -0.25) is 9.59 Å². The van der Waals surface area contributed by atoms with E-state index in [1.807, 2.05) is 41.5 Å². The summed E-state index contributed by atoms with van der Waals surface area (Å²) in [6, 6.07) is 0. The fourth-order valence-corrected chi connectivity index (χ4v) is 3.93. The fraction of sp³-hybridized carbons (Fsp3) is 0.765. The van der Waals surface area contributed by atoms with Gasteiger partial charge in [0.2, 0.25) is 0 Å². The van der Waals surface area contributed by atoms with Crippen molar-refractivity contribution in [2.45, 2.75) is 60.2 Å². The number of esters is 2. The summed E-state index contributed by atoms with van der Waals surface area (Å²) in [6.07, 6.45) is 4.56. The first-order chi connectivity index (χ1) is 9.59. The number of hydrogen-bond donors (Lipinski definition) is 0. The molecule has 118 valence electrons. The predicted octanol–water partition coefficient (Wildman–Crippen LogP) is 3.11. The Balaban J connectivity index is 2.33. The average Bonchev–Trinajstić information content (AvgIpc) is 2.72. The first-order valence-electron chi connectivity index (χ1n) is 7.70. The molecule has 4 nitrogen and oxygen atoms in total. The molecule has 1 saturated carbocycles. The Morgan fingerprint density at radius 1 is 0.905 bits per heavy atom. The molecular weight excluding hydrogens is 268 g/mol. The molecule has 4 unspecified atom stereocenters. The van der Waals surface area contributed by atoms with Crippen molar-refractivity contribution in [1.29, 1.82) is 0 Å². The second-order valence-electron chi connectivity index (χ2n) is 7.45. The third kappa shape index (κ3) is 2.72. The number of hydrogen-bond acceptors (Lipinski definition) is 4. The van der Waals surface area contributed by atoms with Gasteiger partial charge in [-0.25, -0.2) is 0 Å². The van der Waals surface area contributed by atoms with Crippen molar-refractivity contribution in [3.63, 3.8) is 0 Å². The van der Waals surface area contributed by atoms with E-state index in [4.69, 9.17) is 9.47 Å². The van der Waals surface area contributed by atoms with E-state index in [0.717, 1.165) is 6.42 Å². The standard InChI is InChI=1S/C17H26O4/c1-10(2)20-14(18)12-13(15(19)21-11(3)4)17(6)8-7-16(12,5)9-17/h7-8,10-13H,9H2,1-6H3. The molecule has 2 aliphatic rings. The highest BCUT2D eigenvalue weighted by molar-refractivity contribution is 5.86. The van der Waals surface area contributed by atoms with Crippen LogP contribution in [0.1, 0.15) is 48.0 Å². The third-order valence-corrected chi connectivity index (χ3v) is 4.57. The van der Waals surface area contributed by atoms with Gasteiger partial charge in [0.05, 0.1) is 24.0 Å². The van der Waals surface area contributed by atoms with Crippen LogP contribution in [0.2, 0.25) is 0 Å². The number of allylic oxidation sites excluding steroid dienone is 2. The van der Waals surface area contributed by atoms with E-state index in [1.54, 1.807) is 0 Å². The third-order valence-electron chi connectivity index (χ3n) is 4.57. The molecule has 0 amide bonds. The molecule has 0 heterocycles. The minimum atomic E-state index is -0.457. The Morgan fingerprint density at radius 3 is 1.52 bits per heavy atom. The topological polar surface area (TPSA) is 52.6 Å². The normalized spacial score (nSPS) is 37.3. The summed E-state index contributed by atoms with van der Waals surface area (Å²) in [5.74, 6) is -1.49. The van der Waals surface area contributed by atoms with E-state index in [2.05, 4.69) is 12.2 Å². The Labute approximate surface area is 126 Å². The largest absolute Gasteiger partial charge is 0.463 e. The molecule has 2 aliphatic carbocycles. The summed E-state index contributed by atoms with van der Waals surface area (Å²) in [4.78, 5) is 25.1. The Morgan fingerprint density at radius 2 is 1.24 bits per heavy atom. The van der Waals surface area contributed by atoms with Crippen LogP contribution >= 0.6 is 0 Å². The number of carbonyl (C=O) groups is 2. The SMILES string of the molecule is CC(C)OC(=O)C1C(C(=O)OC(C)C)C2(C)C=CC1(C)C2. The molecular formula is C17H26O4. The lowest BCUT2D eigenvalue weighted by Gasteiger charge is -2.34. The van der Waals surface area contributed by atoms with Gasteiger partial charge < -0.3 is 9.47 Å². The van der Waals surface area contributed by atoms with Gasteiger partial charge in [0.1, 0.15) is 0 Å². The summed E-state index contributed by atoms with van der Waals surface area (Å²) in [5.41, 5.74) is -0.636. The minimum absolute atomic E-state index is 0.182. The van der Waals surface area contributed by atoms with Crippen molar-refractivity contribution in [2.24, 2.45) is 22.7 Å². The van der Waals surface area contributed by atoms with Gasteiger partial charge in [-0.15, -0.1) is 0 Å². The molecule has 0 saturated heterocycles. The molecule has 0 aliphatic heterocycles. The molecule has 2 bridgehead atoms. The van der Waals surface area contributed by atoms with Gasteiger partial charge >= 0.3 is 11.9 Å². The van der Waals surface area contributed by atoms with Crippen LogP contribution in [0, 0.1) is 22.7 Å². The van der Waals surface area contributed by atoms with Gasteiger partial charge in [-0.1, -0.05) is 26.0 Å².